The van der Waals surface area contributed by atoms with Crippen molar-refractivity contribution in [3.8, 4) is 0 Å². The van der Waals surface area contributed by atoms with E-state index in [0.717, 1.165) is 21.4 Å². The topological polar surface area (TPSA) is 49.4 Å². The zero-order chi connectivity index (χ0) is 17.1. The molecule has 2 aromatic rings. The van der Waals surface area contributed by atoms with E-state index in [1.807, 2.05) is 30.3 Å². The molecule has 0 aromatic heterocycles. The third kappa shape index (κ3) is 3.37. The molecule has 6 heteroatoms. The highest BCUT2D eigenvalue weighted by molar-refractivity contribution is 9.10. The van der Waals surface area contributed by atoms with Crippen molar-refractivity contribution >= 4 is 45.0 Å². The number of carbonyl (C=O) groups is 2. The Morgan fingerprint density at radius 1 is 0.958 bits per heavy atom. The summed E-state index contributed by atoms with van der Waals surface area (Å²) in [6.07, 6.45) is 0.730. The van der Waals surface area contributed by atoms with Crippen LogP contribution in [-0.4, -0.2) is 18.4 Å². The first kappa shape index (κ1) is 16.7. The summed E-state index contributed by atoms with van der Waals surface area (Å²) < 4.78 is 0.866. The molecule has 2 amide bonds. The molecule has 0 saturated carbocycles. The van der Waals surface area contributed by atoms with Crippen LogP contribution in [0.1, 0.15) is 5.56 Å². The van der Waals surface area contributed by atoms with E-state index in [1.165, 1.54) is 0 Å². The quantitative estimate of drug-likeness (QED) is 0.773. The SMILES string of the molecule is O=C1C(Cl)=C(NCCc2ccccc2)C(=O)N1c1ccc(Br)cc1. The number of carbonyl (C=O) groups excluding carboxylic acids is 2. The Morgan fingerprint density at radius 3 is 2.29 bits per heavy atom. The maximum absolute atomic E-state index is 12.5. The number of benzene rings is 2. The van der Waals surface area contributed by atoms with Crippen molar-refractivity contribution in [3.63, 3.8) is 0 Å². The van der Waals surface area contributed by atoms with Gasteiger partial charge in [-0.05, 0) is 36.2 Å². The van der Waals surface area contributed by atoms with Crippen LogP contribution in [0.15, 0.2) is 69.8 Å². The van der Waals surface area contributed by atoms with Crippen molar-refractivity contribution in [1.29, 1.82) is 0 Å². The zero-order valence-electron chi connectivity index (χ0n) is 12.6. The molecule has 0 spiro atoms. The Hall–Kier alpha value is -2.11. The molecule has 122 valence electrons. The lowest BCUT2D eigenvalue weighted by atomic mass is 10.1. The first-order valence-corrected chi connectivity index (χ1v) is 8.57. The average molecular weight is 406 g/mol. The van der Waals surface area contributed by atoms with Crippen LogP contribution < -0.4 is 10.2 Å². The Kier molecular flexibility index (Phi) is 5.02. The standard InChI is InChI=1S/C18H14BrClN2O2/c19-13-6-8-14(9-7-13)22-17(23)15(20)16(18(22)24)21-11-10-12-4-2-1-3-5-12/h1-9,21H,10-11H2. The van der Waals surface area contributed by atoms with Crippen LogP contribution in [0.3, 0.4) is 0 Å². The van der Waals surface area contributed by atoms with E-state index in [9.17, 15) is 9.59 Å². The summed E-state index contributed by atoms with van der Waals surface area (Å²) in [6.45, 7) is 0.517. The van der Waals surface area contributed by atoms with Gasteiger partial charge in [-0.15, -0.1) is 0 Å². The van der Waals surface area contributed by atoms with Gasteiger partial charge in [0.2, 0.25) is 0 Å². The van der Waals surface area contributed by atoms with Gasteiger partial charge in [0.05, 0.1) is 5.69 Å². The molecule has 0 fully saturated rings. The molecule has 2 aromatic carbocycles. The third-order valence-corrected chi connectivity index (χ3v) is 4.55. The lowest BCUT2D eigenvalue weighted by Gasteiger charge is -2.15. The molecular formula is C18H14BrClN2O2. The third-order valence-electron chi connectivity index (χ3n) is 3.67. The number of hydrogen-bond donors (Lipinski definition) is 1. The molecule has 0 radical (unpaired) electrons. The summed E-state index contributed by atoms with van der Waals surface area (Å²) in [5, 5.41) is 2.92. The van der Waals surface area contributed by atoms with Crippen molar-refractivity contribution in [2.45, 2.75) is 6.42 Å². The number of rotatable bonds is 5. The van der Waals surface area contributed by atoms with E-state index < -0.39 is 11.8 Å². The molecule has 0 atom stereocenters. The molecule has 1 aliphatic heterocycles. The van der Waals surface area contributed by atoms with Gasteiger partial charge in [-0.3, -0.25) is 9.59 Å². The van der Waals surface area contributed by atoms with Crippen LogP contribution in [-0.2, 0) is 16.0 Å². The lowest BCUT2D eigenvalue weighted by Crippen LogP contribution is -2.34. The van der Waals surface area contributed by atoms with Gasteiger partial charge in [0.25, 0.3) is 11.8 Å². The van der Waals surface area contributed by atoms with Gasteiger partial charge in [0.1, 0.15) is 10.7 Å². The van der Waals surface area contributed by atoms with E-state index >= 15 is 0 Å². The molecule has 0 aliphatic carbocycles. The summed E-state index contributed by atoms with van der Waals surface area (Å²) in [5.41, 5.74) is 1.79. The van der Waals surface area contributed by atoms with Gasteiger partial charge in [0.15, 0.2) is 0 Å². The number of imide groups is 1. The smallest absolute Gasteiger partial charge is 0.283 e. The molecule has 1 heterocycles. The molecule has 24 heavy (non-hydrogen) atoms. The number of hydrogen-bond acceptors (Lipinski definition) is 3. The number of amides is 2. The molecular weight excluding hydrogens is 392 g/mol. The van der Waals surface area contributed by atoms with Gasteiger partial charge >= 0.3 is 0 Å². The zero-order valence-corrected chi connectivity index (χ0v) is 15.0. The molecule has 3 rings (SSSR count). The van der Waals surface area contributed by atoms with Crippen molar-refractivity contribution in [2.75, 3.05) is 11.4 Å². The number of nitrogens with one attached hydrogen (secondary N) is 1. The van der Waals surface area contributed by atoms with Crippen molar-refractivity contribution in [2.24, 2.45) is 0 Å². The van der Waals surface area contributed by atoms with Crippen LogP contribution in [0.5, 0.6) is 0 Å². The summed E-state index contributed by atoms with van der Waals surface area (Å²) >= 11 is 9.40. The fraction of sp³-hybridized carbons (Fsp3) is 0.111. The summed E-state index contributed by atoms with van der Waals surface area (Å²) in [6, 6.07) is 16.8. The minimum Gasteiger partial charge on any atom is -0.379 e. The molecule has 4 nitrogen and oxygen atoms in total. The lowest BCUT2D eigenvalue weighted by molar-refractivity contribution is -0.120. The summed E-state index contributed by atoms with van der Waals surface area (Å²) in [7, 11) is 0. The number of nitrogens with zero attached hydrogens (tertiary/aromatic N) is 1. The van der Waals surface area contributed by atoms with E-state index in [-0.39, 0.29) is 10.7 Å². The first-order valence-electron chi connectivity index (χ1n) is 7.40. The van der Waals surface area contributed by atoms with Crippen LogP contribution >= 0.6 is 27.5 Å². The molecule has 0 saturated heterocycles. The van der Waals surface area contributed by atoms with Gasteiger partial charge < -0.3 is 5.32 Å². The summed E-state index contributed by atoms with van der Waals surface area (Å²) in [5.74, 6) is -0.938. The Bertz CT molecular complexity index is 804. The normalized spacial score (nSPS) is 14.5. The maximum atomic E-state index is 12.5. The van der Waals surface area contributed by atoms with Gasteiger partial charge in [-0.25, -0.2) is 4.90 Å². The van der Waals surface area contributed by atoms with Crippen LogP contribution in [0.25, 0.3) is 0 Å². The fourth-order valence-electron chi connectivity index (χ4n) is 2.46. The van der Waals surface area contributed by atoms with E-state index in [2.05, 4.69) is 21.2 Å². The number of anilines is 1. The maximum Gasteiger partial charge on any atom is 0.283 e. The molecule has 0 bridgehead atoms. The van der Waals surface area contributed by atoms with Crippen LogP contribution in [0.4, 0.5) is 5.69 Å². The minimum atomic E-state index is -0.508. The Labute approximate surface area is 153 Å². The predicted molar refractivity (Wildman–Crippen MR) is 97.7 cm³/mol. The van der Waals surface area contributed by atoms with Crippen molar-refractivity contribution in [1.82, 2.24) is 5.32 Å². The largest absolute Gasteiger partial charge is 0.379 e. The number of halogens is 2. The average Bonchev–Trinajstić information content (AvgIpc) is 2.80. The second-order valence-corrected chi connectivity index (χ2v) is 6.57. The van der Waals surface area contributed by atoms with Gasteiger partial charge in [-0.1, -0.05) is 57.9 Å². The van der Waals surface area contributed by atoms with Crippen LogP contribution in [0, 0.1) is 0 Å². The second kappa shape index (κ2) is 7.20. The van der Waals surface area contributed by atoms with Gasteiger partial charge in [0, 0.05) is 11.0 Å². The Morgan fingerprint density at radius 2 is 1.62 bits per heavy atom. The van der Waals surface area contributed by atoms with Crippen molar-refractivity contribution < 1.29 is 9.59 Å². The highest BCUT2D eigenvalue weighted by Gasteiger charge is 2.38. The van der Waals surface area contributed by atoms with Crippen LogP contribution in [0.2, 0.25) is 0 Å². The Balaban J connectivity index is 1.71. The molecule has 0 unspecified atom stereocenters. The monoisotopic (exact) mass is 404 g/mol. The van der Waals surface area contributed by atoms with Crippen molar-refractivity contribution in [3.05, 3.63) is 75.4 Å². The highest BCUT2D eigenvalue weighted by atomic mass is 79.9. The highest BCUT2D eigenvalue weighted by Crippen LogP contribution is 2.28. The molecule has 1 N–H and O–H groups in total. The molecule has 1 aliphatic rings. The van der Waals surface area contributed by atoms with E-state index in [0.29, 0.717) is 12.2 Å². The second-order valence-electron chi connectivity index (χ2n) is 5.27. The minimum absolute atomic E-state index is 0.0732. The van der Waals surface area contributed by atoms with E-state index in [1.54, 1.807) is 24.3 Å². The predicted octanol–water partition coefficient (Wildman–Crippen LogP) is 3.61. The first-order chi connectivity index (χ1) is 11.6. The van der Waals surface area contributed by atoms with E-state index in [4.69, 9.17) is 11.6 Å². The summed E-state index contributed by atoms with van der Waals surface area (Å²) in [4.78, 5) is 25.9. The van der Waals surface area contributed by atoms with Gasteiger partial charge in [-0.2, -0.15) is 0 Å². The fourth-order valence-corrected chi connectivity index (χ4v) is 2.95.